The van der Waals surface area contributed by atoms with E-state index in [-0.39, 0.29) is 5.82 Å². The number of aryl methyl sites for hydroxylation is 1. The minimum absolute atomic E-state index is 0.202. The summed E-state index contributed by atoms with van der Waals surface area (Å²) in [6.07, 6.45) is 2.09. The lowest BCUT2D eigenvalue weighted by molar-refractivity contribution is -0.646. The number of halogens is 1. The van der Waals surface area contributed by atoms with Gasteiger partial charge in [0.15, 0.2) is 6.20 Å². The van der Waals surface area contributed by atoms with Crippen molar-refractivity contribution in [3.05, 3.63) is 54.5 Å². The Hall–Kier alpha value is -2.07. The van der Waals surface area contributed by atoms with Crippen LogP contribution in [0, 0.1) is 5.82 Å². The number of rotatable bonds is 0. The molecular weight excluding hydrogens is 271 g/mol. The van der Waals surface area contributed by atoms with Gasteiger partial charge in [0.05, 0.1) is 16.8 Å². The number of hydrogen-bond acceptors (Lipinski definition) is 2. The molecule has 3 aromatic rings. The Morgan fingerprint density at radius 2 is 1.95 bits per heavy atom. The van der Waals surface area contributed by atoms with Crippen molar-refractivity contribution < 1.29 is 8.96 Å². The number of nitrogens with zero attached hydrogens (tertiary/aromatic N) is 1. The first-order valence-electron chi connectivity index (χ1n) is 6.38. The number of fused-ring (bicyclic) bond motifs is 4. The molecule has 0 saturated heterocycles. The minimum atomic E-state index is -0.202. The van der Waals surface area contributed by atoms with E-state index in [9.17, 15) is 4.39 Å². The number of pyridine rings is 1. The minimum Gasteiger partial charge on any atom is -0.353 e. The highest BCUT2D eigenvalue weighted by molar-refractivity contribution is 7.99. The molecule has 0 unspecified atom stereocenters. The normalized spacial score (nSPS) is 12.7. The summed E-state index contributed by atoms with van der Waals surface area (Å²) in [4.78, 5) is 2.04. The van der Waals surface area contributed by atoms with Gasteiger partial charge in [-0.15, -0.1) is 0 Å². The topological polar surface area (TPSA) is 15.9 Å². The first-order valence-corrected chi connectivity index (χ1v) is 7.20. The van der Waals surface area contributed by atoms with E-state index in [1.807, 2.05) is 19.2 Å². The van der Waals surface area contributed by atoms with Gasteiger partial charge in [-0.05, 0) is 24.3 Å². The fourth-order valence-electron chi connectivity index (χ4n) is 2.58. The molecular formula is C16H12FN2S+. The average Bonchev–Trinajstić information content (AvgIpc) is 2.46. The molecule has 0 radical (unpaired) electrons. The van der Waals surface area contributed by atoms with Crippen LogP contribution in [0.15, 0.2) is 58.5 Å². The summed E-state index contributed by atoms with van der Waals surface area (Å²) in [5.41, 5.74) is 3.23. The lowest BCUT2D eigenvalue weighted by atomic mass is 10.1. The van der Waals surface area contributed by atoms with Crippen molar-refractivity contribution in [2.24, 2.45) is 7.05 Å². The lowest BCUT2D eigenvalue weighted by Gasteiger charge is -2.20. The predicted octanol–water partition coefficient (Wildman–Crippen LogP) is 4.01. The van der Waals surface area contributed by atoms with E-state index in [1.165, 1.54) is 17.0 Å². The van der Waals surface area contributed by atoms with Gasteiger partial charge in [-0.3, -0.25) is 0 Å². The molecule has 20 heavy (non-hydrogen) atoms. The van der Waals surface area contributed by atoms with Crippen LogP contribution in [0.1, 0.15) is 0 Å². The molecule has 0 amide bonds. The van der Waals surface area contributed by atoms with Gasteiger partial charge in [0, 0.05) is 11.0 Å². The van der Waals surface area contributed by atoms with E-state index in [2.05, 4.69) is 28.2 Å². The number of aromatic nitrogens is 1. The van der Waals surface area contributed by atoms with Crippen molar-refractivity contribution >= 4 is 34.0 Å². The Morgan fingerprint density at radius 3 is 2.85 bits per heavy atom. The highest BCUT2D eigenvalue weighted by Crippen LogP contribution is 2.45. The van der Waals surface area contributed by atoms with Crippen molar-refractivity contribution in [2.45, 2.75) is 9.79 Å². The lowest BCUT2D eigenvalue weighted by Crippen LogP contribution is -2.29. The first-order chi connectivity index (χ1) is 9.72. The molecule has 4 rings (SSSR count). The van der Waals surface area contributed by atoms with Crippen LogP contribution in [0.3, 0.4) is 0 Å². The molecule has 1 N–H and O–H groups in total. The molecule has 0 fully saturated rings. The Balaban J connectivity index is 1.98. The molecule has 2 nitrogen and oxygen atoms in total. The zero-order valence-corrected chi connectivity index (χ0v) is 11.7. The second-order valence-electron chi connectivity index (χ2n) is 4.86. The summed E-state index contributed by atoms with van der Waals surface area (Å²) in [7, 11) is 2.03. The summed E-state index contributed by atoms with van der Waals surface area (Å²) in [5, 5.41) is 4.61. The number of para-hydroxylation sites is 1. The molecule has 0 saturated carbocycles. The Labute approximate surface area is 120 Å². The SMILES string of the molecule is C[n+]1cc2c(c3ccccc31)Nc1ccc(F)cc1S2. The van der Waals surface area contributed by atoms with Gasteiger partial charge in [0.25, 0.3) is 0 Å². The molecule has 0 atom stereocenters. The van der Waals surface area contributed by atoms with E-state index in [0.717, 1.165) is 21.2 Å². The van der Waals surface area contributed by atoms with Gasteiger partial charge in [-0.1, -0.05) is 23.9 Å². The second kappa shape index (κ2) is 4.21. The van der Waals surface area contributed by atoms with Gasteiger partial charge in [0.2, 0.25) is 5.52 Å². The largest absolute Gasteiger partial charge is 0.353 e. The van der Waals surface area contributed by atoms with Crippen molar-refractivity contribution in [3.8, 4) is 0 Å². The smallest absolute Gasteiger partial charge is 0.214 e. The van der Waals surface area contributed by atoms with Gasteiger partial charge in [-0.25, -0.2) is 4.39 Å². The first kappa shape index (κ1) is 11.7. The summed E-state index contributed by atoms with van der Waals surface area (Å²) in [5.74, 6) is -0.202. The molecule has 4 heteroatoms. The van der Waals surface area contributed by atoms with E-state index in [1.54, 1.807) is 23.9 Å². The van der Waals surface area contributed by atoms with Crippen molar-refractivity contribution in [1.82, 2.24) is 0 Å². The van der Waals surface area contributed by atoms with Gasteiger partial charge >= 0.3 is 0 Å². The highest BCUT2D eigenvalue weighted by Gasteiger charge is 2.22. The zero-order valence-electron chi connectivity index (χ0n) is 10.9. The van der Waals surface area contributed by atoms with Crippen LogP contribution in [0.2, 0.25) is 0 Å². The summed E-state index contributed by atoms with van der Waals surface area (Å²) in [6, 6.07) is 13.1. The van der Waals surface area contributed by atoms with E-state index in [4.69, 9.17) is 0 Å². The van der Waals surface area contributed by atoms with E-state index in [0.29, 0.717) is 0 Å². The summed E-state index contributed by atoms with van der Waals surface area (Å²) in [6.45, 7) is 0. The molecule has 0 aliphatic carbocycles. The average molecular weight is 283 g/mol. The second-order valence-corrected chi connectivity index (χ2v) is 5.95. The van der Waals surface area contributed by atoms with Crippen LogP contribution in [0.25, 0.3) is 10.9 Å². The monoisotopic (exact) mass is 283 g/mol. The summed E-state index contributed by atoms with van der Waals surface area (Å²) < 4.78 is 15.5. The number of benzene rings is 2. The third-order valence-corrected chi connectivity index (χ3v) is 4.62. The van der Waals surface area contributed by atoms with E-state index >= 15 is 0 Å². The van der Waals surface area contributed by atoms with Crippen LogP contribution in [-0.2, 0) is 7.05 Å². The molecule has 1 aliphatic rings. The molecule has 2 aromatic carbocycles. The summed E-state index contributed by atoms with van der Waals surface area (Å²) >= 11 is 1.60. The van der Waals surface area contributed by atoms with Crippen molar-refractivity contribution in [1.29, 1.82) is 0 Å². The Bertz CT molecular complexity index is 845. The van der Waals surface area contributed by atoms with Crippen LogP contribution >= 0.6 is 11.8 Å². The highest BCUT2D eigenvalue weighted by atomic mass is 32.2. The maximum atomic E-state index is 13.4. The maximum absolute atomic E-state index is 13.4. The quantitative estimate of drug-likeness (QED) is 0.491. The predicted molar refractivity (Wildman–Crippen MR) is 78.9 cm³/mol. The van der Waals surface area contributed by atoms with Crippen LogP contribution in [0.4, 0.5) is 15.8 Å². The maximum Gasteiger partial charge on any atom is 0.214 e. The fraction of sp³-hybridized carbons (Fsp3) is 0.0625. The number of anilines is 2. The zero-order chi connectivity index (χ0) is 13.7. The number of hydrogen-bond donors (Lipinski definition) is 1. The number of nitrogens with one attached hydrogen (secondary N) is 1. The molecule has 1 aliphatic heterocycles. The third kappa shape index (κ3) is 1.68. The molecule has 2 heterocycles. The van der Waals surface area contributed by atoms with Crippen LogP contribution in [0.5, 0.6) is 0 Å². The van der Waals surface area contributed by atoms with E-state index < -0.39 is 0 Å². The van der Waals surface area contributed by atoms with Gasteiger partial charge in [0.1, 0.15) is 17.8 Å². The van der Waals surface area contributed by atoms with Gasteiger partial charge < -0.3 is 5.32 Å². The molecule has 0 bridgehead atoms. The Morgan fingerprint density at radius 1 is 1.10 bits per heavy atom. The molecule has 0 spiro atoms. The fourth-order valence-corrected chi connectivity index (χ4v) is 3.69. The Kier molecular flexibility index (Phi) is 2.47. The molecule has 98 valence electrons. The van der Waals surface area contributed by atoms with Crippen LogP contribution < -0.4 is 9.88 Å². The van der Waals surface area contributed by atoms with Crippen molar-refractivity contribution in [2.75, 3.05) is 5.32 Å². The third-order valence-electron chi connectivity index (χ3n) is 3.53. The standard InChI is InChI=1S/C16H11FN2S/c1-19-9-15-16(11-4-2-3-5-13(11)19)18-12-7-6-10(17)8-14(12)20-15/h2-9H,1H3/p+1. The van der Waals surface area contributed by atoms with Crippen LogP contribution in [-0.4, -0.2) is 0 Å². The van der Waals surface area contributed by atoms with Crippen molar-refractivity contribution in [3.63, 3.8) is 0 Å². The molecule has 1 aromatic heterocycles. The van der Waals surface area contributed by atoms with Gasteiger partial charge in [-0.2, -0.15) is 4.57 Å².